The lowest BCUT2D eigenvalue weighted by atomic mass is 9.88. The summed E-state index contributed by atoms with van der Waals surface area (Å²) in [6.07, 6.45) is 8.73. The van der Waals surface area contributed by atoms with Gasteiger partial charge in [-0.25, -0.2) is 0 Å². The fraction of sp³-hybridized carbons (Fsp3) is 0.632. The Hall–Kier alpha value is -1.95. The number of pyridine rings is 1. The molecule has 6 heteroatoms. The largest absolute Gasteiger partial charge is 0.362 e. The molecule has 2 aliphatic heterocycles. The fourth-order valence-corrected chi connectivity index (χ4v) is 3.84. The van der Waals surface area contributed by atoms with Crippen molar-refractivity contribution in [1.82, 2.24) is 15.2 Å². The number of rotatable bonds is 4. The van der Waals surface area contributed by atoms with Crippen molar-refractivity contribution in [3.8, 4) is 0 Å². The minimum atomic E-state index is -0.318. The lowest BCUT2D eigenvalue weighted by Crippen LogP contribution is -2.47. The molecule has 1 spiro atoms. The van der Waals surface area contributed by atoms with E-state index in [0.717, 1.165) is 32.2 Å². The van der Waals surface area contributed by atoms with Crippen molar-refractivity contribution in [2.45, 2.75) is 50.2 Å². The first-order chi connectivity index (χ1) is 12.2. The molecule has 0 bridgehead atoms. The molecule has 2 amide bonds. The molecule has 1 aromatic rings. The van der Waals surface area contributed by atoms with Gasteiger partial charge in [0.25, 0.3) is 5.91 Å². The van der Waals surface area contributed by atoms with Gasteiger partial charge in [-0.15, -0.1) is 0 Å². The first-order valence-corrected chi connectivity index (χ1v) is 9.30. The third kappa shape index (κ3) is 3.68. The molecule has 0 aromatic carbocycles. The zero-order chi connectivity index (χ0) is 17.3. The highest BCUT2D eigenvalue weighted by Gasteiger charge is 2.45. The van der Waals surface area contributed by atoms with Crippen LogP contribution in [0.25, 0.3) is 0 Å². The van der Waals surface area contributed by atoms with Crippen LogP contribution in [0.3, 0.4) is 0 Å². The molecule has 25 heavy (non-hydrogen) atoms. The number of carbonyl (C=O) groups is 2. The highest BCUT2D eigenvalue weighted by molar-refractivity contribution is 5.94. The summed E-state index contributed by atoms with van der Waals surface area (Å²) in [5.41, 5.74) is 0.451. The first-order valence-electron chi connectivity index (χ1n) is 9.30. The van der Waals surface area contributed by atoms with E-state index in [-0.39, 0.29) is 23.5 Å². The van der Waals surface area contributed by atoms with E-state index in [1.807, 2.05) is 4.90 Å². The summed E-state index contributed by atoms with van der Waals surface area (Å²) in [6, 6.07) is 3.50. The summed E-state index contributed by atoms with van der Waals surface area (Å²) in [7, 11) is 0. The highest BCUT2D eigenvalue weighted by atomic mass is 16.5. The second-order valence-electron chi connectivity index (χ2n) is 7.54. The number of likely N-dealkylation sites (tertiary alicyclic amines) is 1. The molecule has 3 aliphatic rings. The topological polar surface area (TPSA) is 71.5 Å². The number of nitrogens with one attached hydrogen (secondary N) is 1. The average molecular weight is 343 g/mol. The van der Waals surface area contributed by atoms with E-state index in [0.29, 0.717) is 24.6 Å². The Labute approximate surface area is 147 Å². The van der Waals surface area contributed by atoms with E-state index in [1.165, 1.54) is 12.8 Å². The highest BCUT2D eigenvalue weighted by Crippen LogP contribution is 2.39. The van der Waals surface area contributed by atoms with Gasteiger partial charge in [-0.05, 0) is 56.6 Å². The summed E-state index contributed by atoms with van der Waals surface area (Å²) >= 11 is 0. The van der Waals surface area contributed by atoms with E-state index in [2.05, 4.69) is 10.3 Å². The molecule has 6 nitrogen and oxygen atoms in total. The second-order valence-corrected chi connectivity index (χ2v) is 7.54. The molecule has 3 fully saturated rings. The molecule has 0 radical (unpaired) electrons. The van der Waals surface area contributed by atoms with Gasteiger partial charge >= 0.3 is 0 Å². The van der Waals surface area contributed by atoms with Crippen LogP contribution in [0.15, 0.2) is 24.5 Å². The van der Waals surface area contributed by atoms with Crippen LogP contribution in [0.5, 0.6) is 0 Å². The van der Waals surface area contributed by atoms with Crippen LogP contribution in [-0.4, -0.2) is 53.0 Å². The van der Waals surface area contributed by atoms with Crippen LogP contribution < -0.4 is 5.32 Å². The number of ether oxygens (including phenoxy) is 1. The predicted octanol–water partition coefficient (Wildman–Crippen LogP) is 1.76. The number of nitrogens with zero attached hydrogens (tertiary/aromatic N) is 2. The second kappa shape index (κ2) is 6.75. The van der Waals surface area contributed by atoms with Crippen molar-refractivity contribution < 1.29 is 14.3 Å². The summed E-state index contributed by atoms with van der Waals surface area (Å²) in [5.74, 6) is 0.773. The van der Waals surface area contributed by atoms with Gasteiger partial charge < -0.3 is 15.0 Å². The number of amides is 2. The SMILES string of the molecule is O=C(NCC1CC1)C1CCC2(CCN(C(=O)c3ccncc3)CC2)O1. The molecule has 1 N–H and O–H groups in total. The normalized spacial score (nSPS) is 25.1. The van der Waals surface area contributed by atoms with Crippen molar-refractivity contribution in [3.63, 3.8) is 0 Å². The van der Waals surface area contributed by atoms with Gasteiger partial charge in [0.05, 0.1) is 5.60 Å². The number of aromatic nitrogens is 1. The predicted molar refractivity (Wildman–Crippen MR) is 91.9 cm³/mol. The Kier molecular flexibility index (Phi) is 4.46. The van der Waals surface area contributed by atoms with Gasteiger partial charge in [0.2, 0.25) is 5.91 Å². The van der Waals surface area contributed by atoms with Gasteiger partial charge in [0.1, 0.15) is 6.10 Å². The lowest BCUT2D eigenvalue weighted by molar-refractivity contribution is -0.140. The quantitative estimate of drug-likeness (QED) is 0.904. The molecule has 1 saturated carbocycles. The average Bonchev–Trinajstić information content (AvgIpc) is 3.40. The van der Waals surface area contributed by atoms with Gasteiger partial charge in [0, 0.05) is 37.6 Å². The first kappa shape index (κ1) is 16.5. The Morgan fingerprint density at radius 2 is 1.88 bits per heavy atom. The van der Waals surface area contributed by atoms with Crippen LogP contribution in [-0.2, 0) is 9.53 Å². The van der Waals surface area contributed by atoms with Gasteiger partial charge in [-0.2, -0.15) is 0 Å². The van der Waals surface area contributed by atoms with E-state index in [1.54, 1.807) is 24.5 Å². The van der Waals surface area contributed by atoms with Crippen molar-refractivity contribution >= 4 is 11.8 Å². The van der Waals surface area contributed by atoms with Gasteiger partial charge in [0.15, 0.2) is 0 Å². The molecule has 1 aromatic heterocycles. The molecule has 1 atom stereocenters. The molecule has 1 aliphatic carbocycles. The number of hydrogen-bond acceptors (Lipinski definition) is 4. The van der Waals surface area contributed by atoms with E-state index in [4.69, 9.17) is 4.74 Å². The summed E-state index contributed by atoms with van der Waals surface area (Å²) in [6.45, 7) is 2.15. The van der Waals surface area contributed by atoms with Crippen molar-refractivity contribution in [2.24, 2.45) is 5.92 Å². The molecule has 2 saturated heterocycles. The van der Waals surface area contributed by atoms with Gasteiger partial charge in [-0.1, -0.05) is 0 Å². The number of hydrogen-bond donors (Lipinski definition) is 1. The lowest BCUT2D eigenvalue weighted by Gasteiger charge is -2.39. The van der Waals surface area contributed by atoms with Crippen LogP contribution in [0, 0.1) is 5.92 Å². The molecule has 3 heterocycles. The maximum Gasteiger partial charge on any atom is 0.253 e. The minimum Gasteiger partial charge on any atom is -0.362 e. The van der Waals surface area contributed by atoms with E-state index >= 15 is 0 Å². The monoisotopic (exact) mass is 343 g/mol. The van der Waals surface area contributed by atoms with E-state index in [9.17, 15) is 9.59 Å². The number of carbonyl (C=O) groups excluding carboxylic acids is 2. The molecular formula is C19H25N3O3. The molecule has 4 rings (SSSR count). The third-order valence-corrected chi connectivity index (χ3v) is 5.70. The van der Waals surface area contributed by atoms with Gasteiger partial charge in [-0.3, -0.25) is 14.6 Å². The van der Waals surface area contributed by atoms with Crippen LogP contribution in [0.2, 0.25) is 0 Å². The van der Waals surface area contributed by atoms with Crippen LogP contribution >= 0.6 is 0 Å². The Bertz CT molecular complexity index is 637. The van der Waals surface area contributed by atoms with Crippen LogP contribution in [0.4, 0.5) is 0 Å². The summed E-state index contributed by atoms with van der Waals surface area (Å²) in [4.78, 5) is 30.6. The third-order valence-electron chi connectivity index (χ3n) is 5.70. The molecular weight excluding hydrogens is 318 g/mol. The van der Waals surface area contributed by atoms with Crippen molar-refractivity contribution in [1.29, 1.82) is 0 Å². The zero-order valence-electron chi connectivity index (χ0n) is 14.4. The Morgan fingerprint density at radius 3 is 2.56 bits per heavy atom. The summed E-state index contributed by atoms with van der Waals surface area (Å²) < 4.78 is 6.18. The maximum absolute atomic E-state index is 12.5. The van der Waals surface area contributed by atoms with Crippen LogP contribution in [0.1, 0.15) is 48.9 Å². The number of piperidine rings is 1. The summed E-state index contributed by atoms with van der Waals surface area (Å²) in [5, 5.41) is 3.02. The standard InChI is InChI=1S/C19H25N3O3/c23-17(21-13-14-1-2-14)16-3-6-19(25-16)7-11-22(12-8-19)18(24)15-4-9-20-10-5-15/h4-5,9-10,14,16H,1-3,6-8,11-13H2,(H,21,23). The van der Waals surface area contributed by atoms with E-state index < -0.39 is 0 Å². The molecule has 1 unspecified atom stereocenters. The minimum absolute atomic E-state index is 0.0408. The fourth-order valence-electron chi connectivity index (χ4n) is 3.84. The smallest absolute Gasteiger partial charge is 0.253 e. The zero-order valence-corrected chi connectivity index (χ0v) is 14.4. The Balaban J connectivity index is 1.29. The van der Waals surface area contributed by atoms with Crippen molar-refractivity contribution in [2.75, 3.05) is 19.6 Å². The Morgan fingerprint density at radius 1 is 1.16 bits per heavy atom. The maximum atomic E-state index is 12.5. The van der Waals surface area contributed by atoms with Crippen molar-refractivity contribution in [3.05, 3.63) is 30.1 Å². The molecule has 134 valence electrons.